The normalized spacial score (nSPS) is 23.4. The minimum atomic E-state index is -1.23. The van der Waals surface area contributed by atoms with Gasteiger partial charge in [-0.05, 0) is 62.9 Å². The average Bonchev–Trinajstić information content (AvgIpc) is 3.46. The third-order valence-electron chi connectivity index (χ3n) is 7.82. The number of carboxylic acids is 2. The minimum Gasteiger partial charge on any atom is -0.494 e. The fourth-order valence-electron chi connectivity index (χ4n) is 6.14. The van der Waals surface area contributed by atoms with Crippen LogP contribution in [0.5, 0.6) is 5.75 Å². The highest BCUT2D eigenvalue weighted by Crippen LogP contribution is 2.45. The maximum Gasteiger partial charge on any atom is 0.332 e. The molecule has 5 rings (SSSR count). The number of hydrogen-bond donors (Lipinski definition) is 2. The number of anilines is 1. The van der Waals surface area contributed by atoms with E-state index < -0.39 is 17.9 Å². The van der Waals surface area contributed by atoms with Gasteiger partial charge in [-0.1, -0.05) is 41.7 Å². The third-order valence-corrected chi connectivity index (χ3v) is 8.95. The Morgan fingerprint density at radius 2 is 1.87 bits per heavy atom. The molecule has 0 saturated carbocycles. The summed E-state index contributed by atoms with van der Waals surface area (Å²) in [5, 5.41) is 20.5. The number of aliphatic carboxylic acids is 2. The summed E-state index contributed by atoms with van der Waals surface area (Å²) in [5.41, 5.74) is 0.881. The van der Waals surface area contributed by atoms with E-state index >= 15 is 0 Å². The van der Waals surface area contributed by atoms with Gasteiger partial charge in [-0.2, -0.15) is 0 Å². The Morgan fingerprint density at radius 3 is 2.61 bits per heavy atom. The molecule has 38 heavy (non-hydrogen) atoms. The van der Waals surface area contributed by atoms with Crippen molar-refractivity contribution in [1.29, 1.82) is 0 Å². The van der Waals surface area contributed by atoms with Crippen LogP contribution in [-0.4, -0.2) is 70.4 Å². The monoisotopic (exact) mass is 535 g/mol. The van der Waals surface area contributed by atoms with Gasteiger partial charge in [0.25, 0.3) is 0 Å². The lowest BCUT2D eigenvalue weighted by atomic mass is 9.79. The minimum absolute atomic E-state index is 0.0294. The Hall–Kier alpha value is -3.43. The molecule has 2 bridgehead atoms. The third kappa shape index (κ3) is 5.54. The largest absolute Gasteiger partial charge is 0.494 e. The lowest BCUT2D eigenvalue weighted by molar-refractivity contribution is -0.136. The Labute approximate surface area is 226 Å². The summed E-state index contributed by atoms with van der Waals surface area (Å²) in [6.45, 7) is 1.46. The number of thiazole rings is 1. The van der Waals surface area contributed by atoms with Crippen molar-refractivity contribution >= 4 is 38.6 Å². The molecule has 4 unspecified atom stereocenters. The second-order valence-corrected chi connectivity index (χ2v) is 11.1. The molecular formula is C29H33N3O5S. The predicted octanol–water partition coefficient (Wildman–Crippen LogP) is 4.91. The number of unbranched alkanes of at least 4 members (excludes halogenated alkanes) is 1. The molecule has 2 aliphatic rings. The Morgan fingerprint density at radius 1 is 1.11 bits per heavy atom. The maximum absolute atomic E-state index is 12.4. The molecule has 2 saturated heterocycles. The summed E-state index contributed by atoms with van der Waals surface area (Å²) >= 11 is 1.58. The Balaban J connectivity index is 1.35. The van der Waals surface area contributed by atoms with Crippen molar-refractivity contribution < 1.29 is 24.5 Å². The first-order chi connectivity index (χ1) is 18.4. The quantitative estimate of drug-likeness (QED) is 0.264. The molecule has 0 spiro atoms. The molecule has 200 valence electrons. The summed E-state index contributed by atoms with van der Waals surface area (Å²) in [7, 11) is 1.96. The zero-order valence-electron chi connectivity index (χ0n) is 21.4. The molecule has 8 nitrogen and oxygen atoms in total. The number of nitrogens with zero attached hydrogens (tertiary/aromatic N) is 3. The number of piperidine rings is 1. The number of carbonyl (C=O) groups is 2. The highest BCUT2D eigenvalue weighted by Gasteiger charge is 2.51. The molecule has 2 N–H and O–H groups in total. The van der Waals surface area contributed by atoms with Crippen molar-refractivity contribution in [2.45, 2.75) is 50.2 Å². The number of para-hydroxylation sites is 2. The van der Waals surface area contributed by atoms with E-state index in [1.165, 1.54) is 0 Å². The van der Waals surface area contributed by atoms with Crippen LogP contribution in [0.25, 0.3) is 10.2 Å². The van der Waals surface area contributed by atoms with Crippen molar-refractivity contribution in [3.63, 3.8) is 0 Å². The van der Waals surface area contributed by atoms with Gasteiger partial charge in [0, 0.05) is 37.2 Å². The van der Waals surface area contributed by atoms with E-state index in [1.54, 1.807) is 11.3 Å². The standard InChI is InChI=1S/C29H33N3O5S/c1-31(29-30-22-11-5-6-12-25(22)38-29)24-17-19-13-14-23(27(24)21(28(35)36)18-26(33)34)32(19)15-7-8-16-37-20-9-3-2-4-10-20/h2-6,9-12,18-19,23-24,27H,7-8,13-17H2,1H3,(H,33,34)(H,35,36). The molecule has 3 heterocycles. The molecular weight excluding hydrogens is 502 g/mol. The SMILES string of the molecule is CN(c1nc2ccccc2s1)C1CC2CCC(C1C(=CC(=O)O)C(=O)O)N2CCCCOc1ccccc1. The molecule has 0 radical (unpaired) electrons. The van der Waals surface area contributed by atoms with E-state index in [-0.39, 0.29) is 17.7 Å². The molecule has 2 aromatic carbocycles. The van der Waals surface area contributed by atoms with Crippen LogP contribution in [-0.2, 0) is 9.59 Å². The number of carboxylic acid groups (broad SMARTS) is 2. The number of benzene rings is 2. The summed E-state index contributed by atoms with van der Waals surface area (Å²) in [4.78, 5) is 33.4. The smallest absolute Gasteiger partial charge is 0.332 e. The van der Waals surface area contributed by atoms with Crippen LogP contribution in [0.1, 0.15) is 32.1 Å². The molecule has 4 atom stereocenters. The van der Waals surface area contributed by atoms with Crippen LogP contribution in [0.15, 0.2) is 66.2 Å². The van der Waals surface area contributed by atoms with Gasteiger partial charge in [-0.25, -0.2) is 14.6 Å². The van der Waals surface area contributed by atoms with E-state index in [0.717, 1.165) is 65.8 Å². The summed E-state index contributed by atoms with van der Waals surface area (Å²) in [5.74, 6) is -1.98. The van der Waals surface area contributed by atoms with Crippen LogP contribution in [0.3, 0.4) is 0 Å². The van der Waals surface area contributed by atoms with E-state index in [2.05, 4.69) is 9.80 Å². The average molecular weight is 536 g/mol. The molecule has 1 aromatic heterocycles. The van der Waals surface area contributed by atoms with Crippen LogP contribution in [0.2, 0.25) is 0 Å². The van der Waals surface area contributed by atoms with Gasteiger partial charge in [0.1, 0.15) is 5.75 Å². The van der Waals surface area contributed by atoms with Crippen molar-refractivity contribution in [2.75, 3.05) is 25.1 Å². The van der Waals surface area contributed by atoms with Gasteiger partial charge in [-0.3, -0.25) is 4.90 Å². The van der Waals surface area contributed by atoms with Gasteiger partial charge >= 0.3 is 11.9 Å². The molecule has 2 fully saturated rings. The van der Waals surface area contributed by atoms with Gasteiger partial charge in [0.2, 0.25) is 0 Å². The fourth-order valence-corrected chi connectivity index (χ4v) is 7.12. The first kappa shape index (κ1) is 26.2. The van der Waals surface area contributed by atoms with E-state index in [1.807, 2.05) is 61.6 Å². The zero-order valence-corrected chi connectivity index (χ0v) is 22.2. The Kier molecular flexibility index (Phi) is 7.95. The van der Waals surface area contributed by atoms with Crippen LogP contribution >= 0.6 is 11.3 Å². The van der Waals surface area contributed by atoms with Crippen LogP contribution in [0, 0.1) is 5.92 Å². The second-order valence-electron chi connectivity index (χ2n) is 10.1. The van der Waals surface area contributed by atoms with Crippen molar-refractivity contribution in [2.24, 2.45) is 5.92 Å². The first-order valence-corrected chi connectivity index (χ1v) is 13.9. The van der Waals surface area contributed by atoms with Gasteiger partial charge < -0.3 is 19.8 Å². The van der Waals surface area contributed by atoms with Crippen molar-refractivity contribution in [3.05, 3.63) is 66.2 Å². The summed E-state index contributed by atoms with van der Waals surface area (Å²) in [6, 6.07) is 17.8. The predicted molar refractivity (Wildman–Crippen MR) is 148 cm³/mol. The first-order valence-electron chi connectivity index (χ1n) is 13.1. The molecule has 2 aliphatic heterocycles. The van der Waals surface area contributed by atoms with Gasteiger partial charge in [0.15, 0.2) is 5.13 Å². The van der Waals surface area contributed by atoms with E-state index in [4.69, 9.17) is 9.72 Å². The topological polar surface area (TPSA) is 103 Å². The molecule has 0 amide bonds. The van der Waals surface area contributed by atoms with E-state index in [0.29, 0.717) is 12.6 Å². The number of rotatable bonds is 11. The summed E-state index contributed by atoms with van der Waals surface area (Å²) < 4.78 is 6.91. The van der Waals surface area contributed by atoms with Crippen molar-refractivity contribution in [1.82, 2.24) is 9.88 Å². The van der Waals surface area contributed by atoms with Crippen LogP contribution < -0.4 is 9.64 Å². The molecule has 0 aliphatic carbocycles. The lowest BCUT2D eigenvalue weighted by Crippen LogP contribution is -2.57. The highest BCUT2D eigenvalue weighted by molar-refractivity contribution is 7.22. The van der Waals surface area contributed by atoms with Crippen molar-refractivity contribution in [3.8, 4) is 5.75 Å². The fraction of sp³-hybridized carbons (Fsp3) is 0.414. The summed E-state index contributed by atoms with van der Waals surface area (Å²) in [6.07, 6.45) is 5.31. The lowest BCUT2D eigenvalue weighted by Gasteiger charge is -2.48. The van der Waals surface area contributed by atoms with E-state index in [9.17, 15) is 19.8 Å². The molecule has 9 heteroatoms. The highest BCUT2D eigenvalue weighted by atomic mass is 32.1. The second kappa shape index (κ2) is 11.5. The number of hydrogen-bond acceptors (Lipinski definition) is 7. The zero-order chi connectivity index (χ0) is 26.6. The van der Waals surface area contributed by atoms with Gasteiger partial charge in [0.05, 0.1) is 22.4 Å². The number of aromatic nitrogens is 1. The Bertz CT molecular complexity index is 1280. The van der Waals surface area contributed by atoms with Crippen LogP contribution in [0.4, 0.5) is 5.13 Å². The molecule has 3 aromatic rings. The number of ether oxygens (including phenoxy) is 1. The number of fused-ring (bicyclic) bond motifs is 3. The van der Waals surface area contributed by atoms with Gasteiger partial charge in [-0.15, -0.1) is 0 Å². The maximum atomic E-state index is 12.4.